The van der Waals surface area contributed by atoms with E-state index in [2.05, 4.69) is 20.3 Å². The van der Waals surface area contributed by atoms with Crippen LogP contribution < -0.4 is 20.1 Å². The molecule has 0 spiro atoms. The summed E-state index contributed by atoms with van der Waals surface area (Å²) in [7, 11) is 3.10. The van der Waals surface area contributed by atoms with Gasteiger partial charge in [0.2, 0.25) is 24.0 Å². The van der Waals surface area contributed by atoms with E-state index in [1.54, 1.807) is 79.8 Å². The van der Waals surface area contributed by atoms with E-state index < -0.39 is 67.7 Å². The molecule has 0 radical (unpaired) electrons. The first kappa shape index (κ1) is 50.1. The quantitative estimate of drug-likeness (QED) is 0.0844. The van der Waals surface area contributed by atoms with Gasteiger partial charge in [-0.15, -0.1) is 0 Å². The number of carbonyl (C=O) groups is 4. The highest BCUT2D eigenvalue weighted by Gasteiger charge is 2.46. The highest BCUT2D eigenvalue weighted by Crippen LogP contribution is 2.39. The Morgan fingerprint density at radius 1 is 0.636 bits per heavy atom. The van der Waals surface area contributed by atoms with Crippen molar-refractivity contribution in [1.82, 2.24) is 10.6 Å². The maximum Gasteiger partial charge on any atom is 0.303 e. The second-order valence-corrected chi connectivity index (χ2v) is 15.5. The molecule has 18 nitrogen and oxygen atoms in total. The van der Waals surface area contributed by atoms with Gasteiger partial charge in [-0.25, -0.2) is 9.69 Å². The van der Waals surface area contributed by atoms with Crippen LogP contribution in [0.4, 0.5) is 11.4 Å². The van der Waals surface area contributed by atoms with Crippen LogP contribution in [0.2, 0.25) is 0 Å². The van der Waals surface area contributed by atoms with Crippen LogP contribution in [0.15, 0.2) is 84.9 Å². The van der Waals surface area contributed by atoms with Crippen molar-refractivity contribution < 1.29 is 68.0 Å². The monoisotopic (exact) mass is 908 g/mol. The van der Waals surface area contributed by atoms with Crippen molar-refractivity contribution in [1.29, 1.82) is 0 Å². The third-order valence-corrected chi connectivity index (χ3v) is 11.1. The molecule has 0 aromatic heterocycles. The van der Waals surface area contributed by atoms with Crippen LogP contribution in [-0.4, -0.2) is 121 Å². The Bertz CT molecular complexity index is 2460. The summed E-state index contributed by atoms with van der Waals surface area (Å²) >= 11 is 0. The molecule has 0 bridgehead atoms. The van der Waals surface area contributed by atoms with Gasteiger partial charge in [0.05, 0.1) is 25.9 Å². The minimum absolute atomic E-state index is 0.0315. The van der Waals surface area contributed by atoms with Crippen molar-refractivity contribution in [2.45, 2.75) is 76.9 Å². The SMILES string of the molecule is [C-]#[N+]c1cc(-c2cccc(C(=O)NC)c2)ccc1OC1OC(CO)C(O)C(O)C1O.[C-]#[N+]c1cc(-c2cccc(C(=O)NC)c2)ccc1OC1OC(COC(C)=O)C(C)C(C)C1OC(C)=O. The Morgan fingerprint density at radius 2 is 1.12 bits per heavy atom. The van der Waals surface area contributed by atoms with Crippen molar-refractivity contribution in [3.8, 4) is 33.8 Å². The van der Waals surface area contributed by atoms with E-state index in [0.717, 1.165) is 16.7 Å². The number of ether oxygens (including phenoxy) is 6. The lowest BCUT2D eigenvalue weighted by Crippen LogP contribution is -2.60. The van der Waals surface area contributed by atoms with E-state index in [0.29, 0.717) is 16.7 Å². The minimum Gasteiger partial charge on any atom is -0.473 e. The molecule has 348 valence electrons. The van der Waals surface area contributed by atoms with Crippen LogP contribution in [-0.2, 0) is 28.5 Å². The van der Waals surface area contributed by atoms with Gasteiger partial charge in [0, 0.05) is 45.0 Å². The zero-order valence-electron chi connectivity index (χ0n) is 37.0. The Kier molecular flexibility index (Phi) is 17.3. The van der Waals surface area contributed by atoms with Gasteiger partial charge >= 0.3 is 11.9 Å². The average Bonchev–Trinajstić information content (AvgIpc) is 3.33. The van der Waals surface area contributed by atoms with Crippen LogP contribution in [0.3, 0.4) is 0 Å². The summed E-state index contributed by atoms with van der Waals surface area (Å²) in [6, 6.07) is 23.8. The van der Waals surface area contributed by atoms with Gasteiger partial charge < -0.3 is 59.5 Å². The molecule has 6 rings (SSSR count). The predicted octanol–water partition coefficient (Wildman–Crippen LogP) is 4.58. The first-order valence-corrected chi connectivity index (χ1v) is 20.8. The summed E-state index contributed by atoms with van der Waals surface area (Å²) in [5.41, 5.74) is 4.22. The Hall–Kier alpha value is -6.90. The molecule has 4 aromatic rings. The van der Waals surface area contributed by atoms with Crippen LogP contribution in [0, 0.1) is 25.0 Å². The summed E-state index contributed by atoms with van der Waals surface area (Å²) in [5, 5.41) is 44.3. The molecule has 2 saturated heterocycles. The van der Waals surface area contributed by atoms with Crippen LogP contribution in [0.5, 0.6) is 11.5 Å². The number of esters is 2. The van der Waals surface area contributed by atoms with E-state index in [-0.39, 0.29) is 53.1 Å². The Balaban J connectivity index is 0.000000251. The van der Waals surface area contributed by atoms with Crippen LogP contribution in [0.25, 0.3) is 31.9 Å². The van der Waals surface area contributed by atoms with Crippen molar-refractivity contribution >= 4 is 35.1 Å². The van der Waals surface area contributed by atoms with E-state index in [4.69, 9.17) is 41.6 Å². The molecule has 10 unspecified atom stereocenters. The maximum atomic E-state index is 12.0. The van der Waals surface area contributed by atoms with Gasteiger partial charge in [0.25, 0.3) is 11.8 Å². The molecule has 0 aliphatic carbocycles. The number of carbonyl (C=O) groups excluding carboxylic acids is 4. The zero-order valence-corrected chi connectivity index (χ0v) is 37.0. The number of aliphatic hydroxyl groups excluding tert-OH is 4. The molecule has 2 aliphatic rings. The molecule has 18 heteroatoms. The predicted molar refractivity (Wildman–Crippen MR) is 237 cm³/mol. The largest absolute Gasteiger partial charge is 0.473 e. The molecule has 66 heavy (non-hydrogen) atoms. The van der Waals surface area contributed by atoms with Crippen LogP contribution >= 0.6 is 0 Å². The molecule has 2 amide bonds. The van der Waals surface area contributed by atoms with Gasteiger partial charge in [-0.3, -0.25) is 19.2 Å². The number of amides is 2. The summed E-state index contributed by atoms with van der Waals surface area (Å²) in [4.78, 5) is 54.0. The summed E-state index contributed by atoms with van der Waals surface area (Å²) in [6.45, 7) is 21.1. The first-order valence-electron chi connectivity index (χ1n) is 20.8. The van der Waals surface area contributed by atoms with Crippen molar-refractivity contribution in [2.75, 3.05) is 27.3 Å². The first-order chi connectivity index (χ1) is 31.5. The third-order valence-electron chi connectivity index (χ3n) is 11.1. The fourth-order valence-electron chi connectivity index (χ4n) is 7.25. The number of hydrogen-bond acceptors (Lipinski definition) is 14. The Labute approximate surface area is 381 Å². The summed E-state index contributed by atoms with van der Waals surface area (Å²) in [6.07, 6.45) is -9.38. The van der Waals surface area contributed by atoms with E-state index in [9.17, 15) is 39.6 Å². The molecule has 2 aliphatic heterocycles. The highest BCUT2D eigenvalue weighted by molar-refractivity contribution is 5.96. The molecular weight excluding hydrogens is 857 g/mol. The fraction of sp³-hybridized carbons (Fsp3) is 0.375. The highest BCUT2D eigenvalue weighted by atomic mass is 16.7. The van der Waals surface area contributed by atoms with Crippen molar-refractivity contribution in [3.05, 3.63) is 119 Å². The van der Waals surface area contributed by atoms with Gasteiger partial charge in [-0.2, -0.15) is 0 Å². The normalized spacial score (nSPS) is 24.4. The average molecular weight is 909 g/mol. The molecule has 0 saturated carbocycles. The second kappa shape index (κ2) is 22.8. The number of rotatable bonds is 12. The molecule has 6 N–H and O–H groups in total. The lowest BCUT2D eigenvalue weighted by atomic mass is 9.83. The summed E-state index contributed by atoms with van der Waals surface area (Å²) in [5.74, 6) is -1.26. The molecule has 2 fully saturated rings. The van der Waals surface area contributed by atoms with Gasteiger partial charge in [-0.05, 0) is 76.7 Å². The number of nitrogens with zero attached hydrogens (tertiary/aromatic N) is 2. The standard InChI is InChI=1S/C27H30N2O7.C21H22N2O7/c1-15-16(2)25(34-18(4)31)27(36-24(15)14-33-17(3)30)35-23-11-10-20(13-22(23)28-5)19-8-7-9-21(12-19)26(32)29-6;1-22-14-9-12(11-4-3-5-13(8-11)20(28)23-2)6-7-15(14)29-21-19(27)18(26)17(25)16(10-24)30-21/h7-13,15-16,24-25,27H,14H2,1-4,6H3,(H,29,32);3-9,16-19,21,24-27H,10H2,2H3,(H,23,28). The Morgan fingerprint density at radius 3 is 1.58 bits per heavy atom. The van der Waals surface area contributed by atoms with E-state index in [1.165, 1.54) is 27.0 Å². The van der Waals surface area contributed by atoms with Crippen molar-refractivity contribution in [3.63, 3.8) is 0 Å². The number of benzene rings is 4. The van der Waals surface area contributed by atoms with Crippen LogP contribution in [0.1, 0.15) is 48.4 Å². The molecule has 2 heterocycles. The van der Waals surface area contributed by atoms with E-state index in [1.807, 2.05) is 19.9 Å². The van der Waals surface area contributed by atoms with Gasteiger partial charge in [0.15, 0.2) is 6.10 Å². The lowest BCUT2D eigenvalue weighted by molar-refractivity contribution is -0.277. The molecule has 10 atom stereocenters. The third kappa shape index (κ3) is 12.1. The smallest absolute Gasteiger partial charge is 0.303 e. The minimum atomic E-state index is -1.58. The molecule has 4 aromatic carbocycles. The van der Waals surface area contributed by atoms with Gasteiger partial charge in [0.1, 0.15) is 42.5 Å². The fourth-order valence-corrected chi connectivity index (χ4v) is 7.25. The zero-order chi connectivity index (χ0) is 48.2. The maximum absolute atomic E-state index is 12.0. The topological polar surface area (TPSA) is 237 Å². The molecular formula is C48H52N4O14. The second-order valence-electron chi connectivity index (χ2n) is 15.5. The lowest BCUT2D eigenvalue weighted by Gasteiger charge is -2.43. The number of nitrogens with one attached hydrogen (secondary N) is 2. The number of aliphatic hydroxyl groups is 4. The van der Waals surface area contributed by atoms with E-state index >= 15 is 0 Å². The number of hydrogen-bond donors (Lipinski definition) is 6. The van der Waals surface area contributed by atoms with Crippen molar-refractivity contribution in [2.24, 2.45) is 11.8 Å². The summed E-state index contributed by atoms with van der Waals surface area (Å²) < 4.78 is 33.8. The van der Waals surface area contributed by atoms with Gasteiger partial charge in [-0.1, -0.05) is 50.2 Å².